The summed E-state index contributed by atoms with van der Waals surface area (Å²) in [5.74, 6) is 1.86. The van der Waals surface area contributed by atoms with Crippen molar-refractivity contribution in [2.45, 2.75) is 17.1 Å². The van der Waals surface area contributed by atoms with Crippen LogP contribution >= 0.6 is 23.1 Å². The Bertz CT molecular complexity index is 881. The molecular weight excluding hydrogens is 304 g/mol. The van der Waals surface area contributed by atoms with Crippen LogP contribution in [-0.4, -0.2) is 20.8 Å². The molecule has 0 unspecified atom stereocenters. The van der Waals surface area contributed by atoms with E-state index in [0.717, 1.165) is 39.9 Å². The minimum atomic E-state index is -0.0666. The highest BCUT2D eigenvalue weighted by atomic mass is 32.2. The number of rotatable bonds is 1. The van der Waals surface area contributed by atoms with Crippen LogP contribution in [0.15, 0.2) is 33.3 Å². The van der Waals surface area contributed by atoms with E-state index in [1.54, 1.807) is 35.6 Å². The smallest absolute Gasteiger partial charge is 0.260 e. The molecule has 3 heterocycles. The molecule has 2 aromatic heterocycles. The van der Waals surface area contributed by atoms with E-state index in [9.17, 15) is 9.90 Å². The van der Waals surface area contributed by atoms with Crippen LogP contribution in [0.2, 0.25) is 0 Å². The van der Waals surface area contributed by atoms with Crippen molar-refractivity contribution in [3.8, 4) is 17.1 Å². The number of fused-ring (bicyclic) bond motifs is 3. The van der Waals surface area contributed by atoms with E-state index >= 15 is 0 Å². The highest BCUT2D eigenvalue weighted by Gasteiger charge is 2.20. The van der Waals surface area contributed by atoms with Gasteiger partial charge in [-0.25, -0.2) is 4.98 Å². The van der Waals surface area contributed by atoms with Crippen LogP contribution in [0.5, 0.6) is 5.75 Å². The molecule has 21 heavy (non-hydrogen) atoms. The van der Waals surface area contributed by atoms with Gasteiger partial charge in [0, 0.05) is 5.56 Å². The molecule has 0 amide bonds. The lowest BCUT2D eigenvalue weighted by Crippen LogP contribution is -2.10. The zero-order chi connectivity index (χ0) is 14.4. The number of nitrogens with zero attached hydrogens (tertiary/aromatic N) is 1. The topological polar surface area (TPSA) is 66.0 Å². The van der Waals surface area contributed by atoms with E-state index in [1.807, 2.05) is 11.8 Å². The SMILES string of the molecule is O=c1[nH]c(-c2ccc(O)cc2)nc2sc3c(c12)CCCS3. The van der Waals surface area contributed by atoms with Crippen molar-refractivity contribution in [1.29, 1.82) is 0 Å². The quantitative estimate of drug-likeness (QED) is 0.722. The van der Waals surface area contributed by atoms with E-state index in [-0.39, 0.29) is 11.3 Å². The largest absolute Gasteiger partial charge is 0.508 e. The maximum atomic E-state index is 12.4. The predicted molar refractivity (Wildman–Crippen MR) is 86.4 cm³/mol. The first-order valence-corrected chi connectivity index (χ1v) is 8.50. The Balaban J connectivity index is 1.93. The van der Waals surface area contributed by atoms with E-state index in [2.05, 4.69) is 9.97 Å². The number of aromatic amines is 1. The molecule has 2 N–H and O–H groups in total. The fraction of sp³-hybridized carbons (Fsp3) is 0.200. The molecule has 106 valence electrons. The van der Waals surface area contributed by atoms with Crippen molar-refractivity contribution < 1.29 is 5.11 Å². The van der Waals surface area contributed by atoms with Crippen molar-refractivity contribution in [3.05, 3.63) is 40.2 Å². The highest BCUT2D eigenvalue weighted by Crippen LogP contribution is 2.40. The Morgan fingerprint density at radius 2 is 2.05 bits per heavy atom. The average molecular weight is 316 g/mol. The summed E-state index contributed by atoms with van der Waals surface area (Å²) in [6.07, 6.45) is 2.08. The lowest BCUT2D eigenvalue weighted by atomic mass is 10.1. The van der Waals surface area contributed by atoms with Gasteiger partial charge in [-0.2, -0.15) is 0 Å². The number of aryl methyl sites for hydroxylation is 1. The molecule has 1 aromatic carbocycles. The molecule has 0 radical (unpaired) electrons. The van der Waals surface area contributed by atoms with Gasteiger partial charge in [-0.15, -0.1) is 23.1 Å². The number of aromatic hydroxyl groups is 1. The molecular formula is C15H12N2O2S2. The van der Waals surface area contributed by atoms with Gasteiger partial charge in [0.05, 0.1) is 9.60 Å². The van der Waals surface area contributed by atoms with E-state index in [0.29, 0.717) is 5.82 Å². The summed E-state index contributed by atoms with van der Waals surface area (Å²) < 4.78 is 1.23. The normalized spacial score (nSPS) is 14.3. The van der Waals surface area contributed by atoms with Crippen LogP contribution in [0.25, 0.3) is 21.6 Å². The minimum absolute atomic E-state index is 0.0666. The molecule has 0 spiro atoms. The van der Waals surface area contributed by atoms with Gasteiger partial charge in [-0.1, -0.05) is 0 Å². The Labute approximate surface area is 128 Å². The first-order valence-electron chi connectivity index (χ1n) is 6.70. The molecule has 4 rings (SSSR count). The van der Waals surface area contributed by atoms with Gasteiger partial charge in [0.15, 0.2) is 0 Å². The Morgan fingerprint density at radius 3 is 2.86 bits per heavy atom. The molecule has 0 fully saturated rings. The summed E-state index contributed by atoms with van der Waals surface area (Å²) in [5.41, 5.74) is 1.89. The first-order chi connectivity index (χ1) is 10.2. The van der Waals surface area contributed by atoms with E-state index in [4.69, 9.17) is 0 Å². The van der Waals surface area contributed by atoms with Crippen LogP contribution in [-0.2, 0) is 6.42 Å². The fourth-order valence-corrected chi connectivity index (χ4v) is 5.09. The van der Waals surface area contributed by atoms with Crippen LogP contribution in [0.3, 0.4) is 0 Å². The van der Waals surface area contributed by atoms with Crippen molar-refractivity contribution in [2.24, 2.45) is 0 Å². The van der Waals surface area contributed by atoms with Crippen molar-refractivity contribution in [3.63, 3.8) is 0 Å². The summed E-state index contributed by atoms with van der Waals surface area (Å²) in [6.45, 7) is 0. The lowest BCUT2D eigenvalue weighted by molar-refractivity contribution is 0.475. The maximum absolute atomic E-state index is 12.4. The number of thioether (sulfide) groups is 1. The lowest BCUT2D eigenvalue weighted by Gasteiger charge is -2.09. The number of benzene rings is 1. The molecule has 0 aliphatic carbocycles. The number of nitrogens with one attached hydrogen (secondary N) is 1. The summed E-state index contributed by atoms with van der Waals surface area (Å²) >= 11 is 3.43. The number of thiophene rings is 1. The summed E-state index contributed by atoms with van der Waals surface area (Å²) in [7, 11) is 0. The number of hydrogen-bond acceptors (Lipinski definition) is 5. The van der Waals surface area contributed by atoms with Gasteiger partial charge in [-0.3, -0.25) is 4.79 Å². The van der Waals surface area contributed by atoms with Crippen LogP contribution in [0.4, 0.5) is 0 Å². The third-order valence-electron chi connectivity index (χ3n) is 3.57. The third-order valence-corrected chi connectivity index (χ3v) is 6.09. The van der Waals surface area contributed by atoms with Gasteiger partial charge < -0.3 is 10.1 Å². The molecule has 1 aliphatic rings. The zero-order valence-electron chi connectivity index (χ0n) is 11.0. The molecule has 6 heteroatoms. The summed E-state index contributed by atoms with van der Waals surface area (Å²) in [5, 5.41) is 10.1. The monoisotopic (exact) mass is 316 g/mol. The van der Waals surface area contributed by atoms with Crippen LogP contribution in [0.1, 0.15) is 12.0 Å². The number of phenols is 1. The second-order valence-electron chi connectivity index (χ2n) is 4.96. The maximum Gasteiger partial charge on any atom is 0.260 e. The Morgan fingerprint density at radius 1 is 1.24 bits per heavy atom. The van der Waals surface area contributed by atoms with Gasteiger partial charge in [0.25, 0.3) is 5.56 Å². The van der Waals surface area contributed by atoms with Gasteiger partial charge >= 0.3 is 0 Å². The summed E-state index contributed by atoms with van der Waals surface area (Å²) in [6, 6.07) is 6.69. The van der Waals surface area contributed by atoms with Gasteiger partial charge in [-0.05, 0) is 48.4 Å². The molecule has 3 aromatic rings. The molecule has 0 bridgehead atoms. The second kappa shape index (κ2) is 4.89. The van der Waals surface area contributed by atoms with E-state index in [1.165, 1.54) is 4.21 Å². The Hall–Kier alpha value is -1.79. The number of aromatic nitrogens is 2. The Kier molecular flexibility index (Phi) is 3.01. The predicted octanol–water partition coefficient (Wildman–Crippen LogP) is 3.40. The standard InChI is InChI=1S/C15H12N2O2S2/c18-9-5-3-8(4-6-9)12-16-13(19)11-10-2-1-7-20-15(10)21-14(11)17-12/h3-6,18H,1-2,7H2,(H,16,17,19). The minimum Gasteiger partial charge on any atom is -0.508 e. The molecule has 1 aliphatic heterocycles. The number of H-pyrrole nitrogens is 1. The molecule has 0 atom stereocenters. The zero-order valence-corrected chi connectivity index (χ0v) is 12.7. The van der Waals surface area contributed by atoms with Crippen molar-refractivity contribution in [1.82, 2.24) is 9.97 Å². The third kappa shape index (κ3) is 2.15. The second-order valence-corrected chi connectivity index (χ2v) is 7.32. The van der Waals surface area contributed by atoms with Crippen LogP contribution in [0, 0.1) is 0 Å². The first kappa shape index (κ1) is 12.9. The molecule has 0 saturated carbocycles. The van der Waals surface area contributed by atoms with Crippen molar-refractivity contribution in [2.75, 3.05) is 5.75 Å². The highest BCUT2D eigenvalue weighted by molar-refractivity contribution is 8.01. The summed E-state index contributed by atoms with van der Waals surface area (Å²) in [4.78, 5) is 20.7. The van der Waals surface area contributed by atoms with Crippen LogP contribution < -0.4 is 5.56 Å². The average Bonchev–Trinajstić information content (AvgIpc) is 2.86. The van der Waals surface area contributed by atoms with Crippen molar-refractivity contribution >= 4 is 33.3 Å². The van der Waals surface area contributed by atoms with Gasteiger partial charge in [0.1, 0.15) is 16.4 Å². The molecule has 0 saturated heterocycles. The van der Waals surface area contributed by atoms with Gasteiger partial charge in [0.2, 0.25) is 0 Å². The number of phenolic OH excluding ortho intramolecular Hbond substituents is 1. The van der Waals surface area contributed by atoms with E-state index < -0.39 is 0 Å². The number of hydrogen-bond donors (Lipinski definition) is 2. The molecule has 4 nitrogen and oxygen atoms in total. The fourth-order valence-electron chi connectivity index (χ4n) is 2.56.